The minimum absolute atomic E-state index is 0.0405. The Morgan fingerprint density at radius 3 is 1.74 bits per heavy atom. The molecule has 0 atom stereocenters. The molecule has 1 heterocycles. The van der Waals surface area contributed by atoms with Crippen LogP contribution in [0.2, 0.25) is 0 Å². The summed E-state index contributed by atoms with van der Waals surface area (Å²) in [6.45, 7) is 0.279. The van der Waals surface area contributed by atoms with Crippen LogP contribution in [-0.4, -0.2) is 23.4 Å². The highest BCUT2D eigenvalue weighted by Gasteiger charge is 2.36. The van der Waals surface area contributed by atoms with Crippen LogP contribution in [0.4, 0.5) is 21.9 Å². The third kappa shape index (κ3) is 4.99. The lowest BCUT2D eigenvalue weighted by molar-refractivity contribution is -0.123. The van der Waals surface area contributed by atoms with Crippen molar-refractivity contribution < 1.29 is 14.3 Å². The molecule has 0 bridgehead atoms. The summed E-state index contributed by atoms with van der Waals surface area (Å²) in [6, 6.07) is 37.8. The summed E-state index contributed by atoms with van der Waals surface area (Å²) < 4.78 is 5.28. The second-order valence-electron chi connectivity index (χ2n) is 8.17. The average Bonchev–Trinajstić information content (AvgIpc) is 3.17. The van der Waals surface area contributed by atoms with E-state index in [1.54, 1.807) is 6.08 Å². The van der Waals surface area contributed by atoms with Crippen LogP contribution in [0.3, 0.4) is 0 Å². The smallest absolute Gasteiger partial charge is 0.404 e. The van der Waals surface area contributed by atoms with Crippen LogP contribution in [0.15, 0.2) is 121 Å². The molecular weight excluding hydrogens is 436 g/mol. The molecule has 0 aromatic heterocycles. The van der Waals surface area contributed by atoms with Crippen LogP contribution in [0.1, 0.15) is 11.1 Å². The fraction of sp³-hybridized carbons (Fsp3) is 0.0667. The highest BCUT2D eigenvalue weighted by molar-refractivity contribution is 6.09. The Kier molecular flexibility index (Phi) is 6.39. The molecule has 1 fully saturated rings. The number of rotatable bonds is 7. The van der Waals surface area contributed by atoms with Crippen molar-refractivity contribution >= 4 is 35.1 Å². The van der Waals surface area contributed by atoms with Gasteiger partial charge >= 0.3 is 6.09 Å². The van der Waals surface area contributed by atoms with E-state index in [1.165, 1.54) is 0 Å². The van der Waals surface area contributed by atoms with Gasteiger partial charge in [0.1, 0.15) is 0 Å². The molecule has 4 aromatic rings. The fourth-order valence-electron chi connectivity index (χ4n) is 4.05. The first-order valence-corrected chi connectivity index (χ1v) is 11.5. The van der Waals surface area contributed by atoms with Gasteiger partial charge in [-0.1, -0.05) is 78.9 Å². The van der Waals surface area contributed by atoms with Crippen LogP contribution >= 0.6 is 0 Å². The second kappa shape index (κ2) is 10.1. The average molecular weight is 461 g/mol. The van der Waals surface area contributed by atoms with E-state index >= 15 is 0 Å². The summed E-state index contributed by atoms with van der Waals surface area (Å²) >= 11 is 0. The van der Waals surface area contributed by atoms with Crippen LogP contribution in [-0.2, 0) is 16.0 Å². The molecule has 5 rings (SSSR count). The van der Waals surface area contributed by atoms with Gasteiger partial charge in [0.2, 0.25) is 0 Å². The molecule has 5 nitrogen and oxygen atoms in total. The van der Waals surface area contributed by atoms with E-state index in [0.29, 0.717) is 6.42 Å². The molecule has 0 unspecified atom stereocenters. The standard InChI is InChI=1S/C30H24N2O3/c33-29-28(35-30(34)31(29)21-20-23-10-4-1-5-11-23)22-24-16-18-27(19-17-24)32(25-12-6-2-7-13-25)26-14-8-3-9-15-26/h1-19,22H,20-21H2. The predicted octanol–water partition coefficient (Wildman–Crippen LogP) is 6.72. The Labute approximate surface area is 204 Å². The van der Waals surface area contributed by atoms with Crippen LogP contribution in [0, 0.1) is 0 Å². The van der Waals surface area contributed by atoms with Crippen molar-refractivity contribution in [1.82, 2.24) is 4.90 Å². The minimum Gasteiger partial charge on any atom is -0.404 e. The van der Waals surface area contributed by atoms with Crippen molar-refractivity contribution in [3.63, 3.8) is 0 Å². The van der Waals surface area contributed by atoms with Gasteiger partial charge in [0.15, 0.2) is 5.76 Å². The highest BCUT2D eigenvalue weighted by atomic mass is 16.6. The Hall–Kier alpha value is -4.64. The van der Waals surface area contributed by atoms with E-state index in [4.69, 9.17) is 4.74 Å². The number of imide groups is 1. The van der Waals surface area contributed by atoms with Crippen molar-refractivity contribution in [3.05, 3.63) is 132 Å². The van der Waals surface area contributed by atoms with Crippen molar-refractivity contribution in [2.24, 2.45) is 0 Å². The highest BCUT2D eigenvalue weighted by Crippen LogP contribution is 2.34. The van der Waals surface area contributed by atoms with E-state index in [-0.39, 0.29) is 12.3 Å². The van der Waals surface area contributed by atoms with Crippen LogP contribution in [0.25, 0.3) is 6.08 Å². The number of anilines is 3. The number of hydrogen-bond acceptors (Lipinski definition) is 4. The van der Waals surface area contributed by atoms with E-state index < -0.39 is 12.0 Å². The van der Waals surface area contributed by atoms with Gasteiger partial charge in [-0.3, -0.25) is 4.79 Å². The zero-order valence-electron chi connectivity index (χ0n) is 19.1. The van der Waals surface area contributed by atoms with Crippen molar-refractivity contribution in [1.29, 1.82) is 0 Å². The third-order valence-corrected chi connectivity index (χ3v) is 5.82. The van der Waals surface area contributed by atoms with Gasteiger partial charge in [-0.25, -0.2) is 9.69 Å². The van der Waals surface area contributed by atoms with Gasteiger partial charge in [-0.05, 0) is 60.0 Å². The third-order valence-electron chi connectivity index (χ3n) is 5.82. The Bertz CT molecular complexity index is 1300. The SMILES string of the molecule is O=C1OC(=Cc2ccc(N(c3ccccc3)c3ccccc3)cc2)C(=O)N1CCc1ccccc1. The maximum absolute atomic E-state index is 12.8. The molecule has 35 heavy (non-hydrogen) atoms. The first kappa shape index (κ1) is 22.2. The first-order valence-electron chi connectivity index (χ1n) is 11.5. The summed E-state index contributed by atoms with van der Waals surface area (Å²) in [5.41, 5.74) is 4.89. The van der Waals surface area contributed by atoms with Crippen molar-refractivity contribution in [2.45, 2.75) is 6.42 Å². The summed E-state index contributed by atoms with van der Waals surface area (Å²) in [5.74, 6) is -0.371. The maximum Gasteiger partial charge on any atom is 0.422 e. The van der Waals surface area contributed by atoms with Crippen molar-refractivity contribution in [2.75, 3.05) is 11.4 Å². The Balaban J connectivity index is 1.35. The number of cyclic esters (lactones) is 1. The number of ether oxygens (including phenoxy) is 1. The molecule has 1 saturated heterocycles. The van der Waals surface area contributed by atoms with Gasteiger partial charge in [0, 0.05) is 23.6 Å². The first-order chi connectivity index (χ1) is 17.2. The number of hydrogen-bond donors (Lipinski definition) is 0. The lowest BCUT2D eigenvalue weighted by Crippen LogP contribution is -2.30. The van der Waals surface area contributed by atoms with Crippen molar-refractivity contribution in [3.8, 4) is 0 Å². The minimum atomic E-state index is -0.631. The Morgan fingerprint density at radius 2 is 1.17 bits per heavy atom. The number of carbonyl (C=O) groups excluding carboxylic acids is 2. The molecule has 0 radical (unpaired) electrons. The molecule has 2 amide bonds. The molecule has 0 saturated carbocycles. The number of para-hydroxylation sites is 2. The molecule has 5 heteroatoms. The van der Waals surface area contributed by atoms with E-state index in [1.807, 2.05) is 91.0 Å². The summed E-state index contributed by atoms with van der Waals surface area (Å²) in [4.78, 5) is 28.4. The molecule has 1 aliphatic rings. The summed E-state index contributed by atoms with van der Waals surface area (Å²) in [5, 5.41) is 0. The van der Waals surface area contributed by atoms with Gasteiger partial charge in [-0.2, -0.15) is 0 Å². The quantitative estimate of drug-likeness (QED) is 0.287. The van der Waals surface area contributed by atoms with Crippen LogP contribution < -0.4 is 4.90 Å². The number of benzene rings is 4. The fourth-order valence-corrected chi connectivity index (χ4v) is 4.05. The Morgan fingerprint density at radius 1 is 0.657 bits per heavy atom. The summed E-state index contributed by atoms with van der Waals surface area (Å²) in [7, 11) is 0. The topological polar surface area (TPSA) is 49.9 Å². The molecule has 172 valence electrons. The normalized spacial score (nSPS) is 14.3. The number of nitrogens with zero attached hydrogens (tertiary/aromatic N) is 2. The molecular formula is C30H24N2O3. The molecule has 0 spiro atoms. The largest absolute Gasteiger partial charge is 0.422 e. The molecule has 0 aliphatic carbocycles. The predicted molar refractivity (Wildman–Crippen MR) is 137 cm³/mol. The van der Waals surface area contributed by atoms with Crippen LogP contribution in [0.5, 0.6) is 0 Å². The van der Waals surface area contributed by atoms with Gasteiger partial charge in [-0.15, -0.1) is 0 Å². The van der Waals surface area contributed by atoms with E-state index in [0.717, 1.165) is 33.1 Å². The van der Waals surface area contributed by atoms with E-state index in [9.17, 15) is 9.59 Å². The zero-order chi connectivity index (χ0) is 24.0. The van der Waals surface area contributed by atoms with Gasteiger partial charge < -0.3 is 9.64 Å². The lowest BCUT2D eigenvalue weighted by atomic mass is 10.1. The lowest BCUT2D eigenvalue weighted by Gasteiger charge is -2.25. The number of amides is 2. The monoisotopic (exact) mass is 460 g/mol. The second-order valence-corrected chi connectivity index (χ2v) is 8.17. The number of carbonyl (C=O) groups is 2. The van der Waals surface area contributed by atoms with Gasteiger partial charge in [0.25, 0.3) is 5.91 Å². The summed E-state index contributed by atoms with van der Waals surface area (Å²) in [6.07, 6.45) is 1.56. The molecule has 1 aliphatic heterocycles. The zero-order valence-corrected chi connectivity index (χ0v) is 19.1. The molecule has 4 aromatic carbocycles. The maximum atomic E-state index is 12.8. The van der Waals surface area contributed by atoms with Gasteiger partial charge in [0.05, 0.1) is 0 Å². The van der Waals surface area contributed by atoms with E-state index in [2.05, 4.69) is 29.2 Å². The molecule has 0 N–H and O–H groups in total.